The molecule has 0 amide bonds. The third-order valence-corrected chi connectivity index (χ3v) is 4.68. The van der Waals surface area contributed by atoms with Crippen LogP contribution in [-0.4, -0.2) is 13.3 Å². The normalized spacial score (nSPS) is 23.1. The maximum absolute atomic E-state index is 12.6. The molecule has 0 spiro atoms. The van der Waals surface area contributed by atoms with Gasteiger partial charge in [-0.25, -0.2) is 0 Å². The van der Waals surface area contributed by atoms with Crippen LogP contribution in [0.1, 0.15) is 56.9 Å². The highest BCUT2D eigenvalue weighted by molar-refractivity contribution is 5.48. The van der Waals surface area contributed by atoms with E-state index in [0.29, 0.717) is 10.8 Å². The SMILES string of the molecule is CCCC1CCC(c2ccc(N(C)C(F)(F)F)cc2)CC1. The van der Waals surface area contributed by atoms with Crippen molar-refractivity contribution in [2.75, 3.05) is 11.9 Å². The van der Waals surface area contributed by atoms with Crippen LogP contribution in [0.3, 0.4) is 0 Å². The quantitative estimate of drug-likeness (QED) is 0.643. The summed E-state index contributed by atoms with van der Waals surface area (Å²) in [6.07, 6.45) is 3.07. The summed E-state index contributed by atoms with van der Waals surface area (Å²) in [5, 5.41) is 0. The first-order chi connectivity index (χ1) is 9.91. The van der Waals surface area contributed by atoms with Crippen molar-refractivity contribution in [3.63, 3.8) is 0 Å². The molecule has 1 fully saturated rings. The third-order valence-electron chi connectivity index (χ3n) is 4.68. The lowest BCUT2D eigenvalue weighted by Crippen LogP contribution is -2.33. The fraction of sp³-hybridized carbons (Fsp3) is 0.647. The summed E-state index contributed by atoms with van der Waals surface area (Å²) in [7, 11) is 1.06. The Labute approximate surface area is 125 Å². The summed E-state index contributed by atoms with van der Waals surface area (Å²) in [6.45, 7) is 2.22. The summed E-state index contributed by atoms with van der Waals surface area (Å²) in [4.78, 5) is 0.356. The molecule has 0 saturated heterocycles. The maximum Gasteiger partial charge on any atom is 0.484 e. The molecule has 21 heavy (non-hydrogen) atoms. The maximum atomic E-state index is 12.6. The summed E-state index contributed by atoms with van der Waals surface area (Å²) in [5.41, 5.74) is 1.38. The van der Waals surface area contributed by atoms with Gasteiger partial charge in [-0.1, -0.05) is 31.9 Å². The van der Waals surface area contributed by atoms with Gasteiger partial charge in [-0.05, 0) is 55.2 Å². The first-order valence-corrected chi connectivity index (χ1v) is 7.82. The molecule has 1 aromatic rings. The smallest absolute Gasteiger partial charge is 0.287 e. The lowest BCUT2D eigenvalue weighted by Gasteiger charge is -2.29. The fourth-order valence-corrected chi connectivity index (χ4v) is 3.31. The van der Waals surface area contributed by atoms with Gasteiger partial charge in [0.1, 0.15) is 0 Å². The first-order valence-electron chi connectivity index (χ1n) is 7.82. The van der Waals surface area contributed by atoms with Crippen molar-refractivity contribution in [1.82, 2.24) is 0 Å². The molecule has 4 heteroatoms. The van der Waals surface area contributed by atoms with E-state index >= 15 is 0 Å². The fourth-order valence-electron chi connectivity index (χ4n) is 3.31. The number of alkyl halides is 3. The van der Waals surface area contributed by atoms with Gasteiger partial charge in [0.25, 0.3) is 0 Å². The Balaban J connectivity index is 1.97. The molecule has 2 rings (SSSR count). The molecule has 0 atom stereocenters. The van der Waals surface area contributed by atoms with Gasteiger partial charge < -0.3 is 0 Å². The Bertz CT molecular complexity index is 430. The number of hydrogen-bond donors (Lipinski definition) is 0. The first kappa shape index (κ1) is 16.2. The van der Waals surface area contributed by atoms with E-state index in [9.17, 15) is 13.2 Å². The Morgan fingerprint density at radius 3 is 2.10 bits per heavy atom. The number of anilines is 1. The lowest BCUT2D eigenvalue weighted by molar-refractivity contribution is -0.125. The van der Waals surface area contributed by atoms with Crippen LogP contribution in [0.25, 0.3) is 0 Å². The summed E-state index contributed by atoms with van der Waals surface area (Å²) in [6, 6.07) is 6.90. The Kier molecular flexibility index (Phi) is 5.17. The van der Waals surface area contributed by atoms with E-state index in [4.69, 9.17) is 0 Å². The van der Waals surface area contributed by atoms with Gasteiger partial charge in [-0.3, -0.25) is 4.90 Å². The molecule has 0 aliphatic heterocycles. The summed E-state index contributed by atoms with van der Waals surface area (Å²) in [5.74, 6) is 1.37. The summed E-state index contributed by atoms with van der Waals surface area (Å²) >= 11 is 0. The predicted molar refractivity (Wildman–Crippen MR) is 80.5 cm³/mol. The molecule has 0 bridgehead atoms. The van der Waals surface area contributed by atoms with Crippen molar-refractivity contribution in [1.29, 1.82) is 0 Å². The van der Waals surface area contributed by atoms with E-state index in [0.717, 1.165) is 13.0 Å². The minimum absolute atomic E-state index is 0.200. The minimum Gasteiger partial charge on any atom is -0.287 e. The van der Waals surface area contributed by atoms with E-state index in [1.165, 1.54) is 44.1 Å². The van der Waals surface area contributed by atoms with Crippen LogP contribution in [0.5, 0.6) is 0 Å². The highest BCUT2D eigenvalue weighted by atomic mass is 19.4. The van der Waals surface area contributed by atoms with Gasteiger partial charge in [-0.2, -0.15) is 13.2 Å². The Morgan fingerprint density at radius 2 is 1.62 bits per heavy atom. The zero-order valence-corrected chi connectivity index (χ0v) is 12.8. The van der Waals surface area contributed by atoms with Crippen molar-refractivity contribution < 1.29 is 13.2 Å². The largest absolute Gasteiger partial charge is 0.484 e. The van der Waals surface area contributed by atoms with Gasteiger partial charge in [-0.15, -0.1) is 0 Å². The average Bonchev–Trinajstić information content (AvgIpc) is 2.47. The van der Waals surface area contributed by atoms with Crippen molar-refractivity contribution in [2.45, 2.75) is 57.7 Å². The molecule has 1 saturated carbocycles. The Hall–Kier alpha value is -1.19. The molecule has 1 aliphatic rings. The molecule has 1 aromatic carbocycles. The molecular formula is C17H24F3N. The highest BCUT2D eigenvalue weighted by Gasteiger charge is 2.34. The molecule has 0 N–H and O–H groups in total. The van der Waals surface area contributed by atoms with E-state index in [1.807, 2.05) is 12.1 Å². The van der Waals surface area contributed by atoms with Crippen LogP contribution in [0.4, 0.5) is 18.9 Å². The van der Waals surface area contributed by atoms with Crippen molar-refractivity contribution in [3.8, 4) is 0 Å². The van der Waals surface area contributed by atoms with Crippen LogP contribution in [0, 0.1) is 5.92 Å². The second-order valence-corrected chi connectivity index (χ2v) is 6.12. The zero-order valence-electron chi connectivity index (χ0n) is 12.8. The lowest BCUT2D eigenvalue weighted by atomic mass is 9.77. The second kappa shape index (κ2) is 6.71. The monoisotopic (exact) mass is 299 g/mol. The van der Waals surface area contributed by atoms with Crippen LogP contribution in [-0.2, 0) is 0 Å². The van der Waals surface area contributed by atoms with Crippen molar-refractivity contribution in [3.05, 3.63) is 29.8 Å². The van der Waals surface area contributed by atoms with Crippen molar-refractivity contribution in [2.24, 2.45) is 5.92 Å². The number of hydrogen-bond acceptors (Lipinski definition) is 1. The topological polar surface area (TPSA) is 3.24 Å². The van der Waals surface area contributed by atoms with Crippen LogP contribution in [0.2, 0.25) is 0 Å². The Morgan fingerprint density at radius 1 is 1.05 bits per heavy atom. The molecule has 118 valence electrons. The van der Waals surface area contributed by atoms with E-state index < -0.39 is 6.30 Å². The number of rotatable bonds is 4. The predicted octanol–water partition coefficient (Wildman–Crippen LogP) is 5.72. The zero-order chi connectivity index (χ0) is 15.5. The van der Waals surface area contributed by atoms with Gasteiger partial charge in [0.2, 0.25) is 0 Å². The average molecular weight is 299 g/mol. The summed E-state index contributed by atoms with van der Waals surface area (Å²) < 4.78 is 37.9. The molecule has 1 nitrogen and oxygen atoms in total. The molecule has 0 heterocycles. The number of benzene rings is 1. The van der Waals surface area contributed by atoms with Crippen LogP contribution < -0.4 is 4.90 Å². The van der Waals surface area contributed by atoms with E-state index in [1.54, 1.807) is 12.1 Å². The molecule has 1 aliphatic carbocycles. The van der Waals surface area contributed by atoms with Gasteiger partial charge in [0.15, 0.2) is 0 Å². The van der Waals surface area contributed by atoms with Gasteiger partial charge in [0.05, 0.1) is 0 Å². The third kappa shape index (κ3) is 4.14. The molecule has 0 aromatic heterocycles. The minimum atomic E-state index is -4.32. The van der Waals surface area contributed by atoms with Gasteiger partial charge >= 0.3 is 6.30 Å². The molecule has 0 unspecified atom stereocenters. The van der Waals surface area contributed by atoms with Gasteiger partial charge in [0, 0.05) is 12.7 Å². The highest BCUT2D eigenvalue weighted by Crippen LogP contribution is 2.38. The van der Waals surface area contributed by atoms with Crippen molar-refractivity contribution >= 4 is 5.69 Å². The van der Waals surface area contributed by atoms with Crippen LogP contribution in [0.15, 0.2) is 24.3 Å². The second-order valence-electron chi connectivity index (χ2n) is 6.12. The molecular weight excluding hydrogens is 275 g/mol. The van der Waals surface area contributed by atoms with E-state index in [2.05, 4.69) is 6.92 Å². The van der Waals surface area contributed by atoms with E-state index in [-0.39, 0.29) is 5.69 Å². The number of halogens is 3. The van der Waals surface area contributed by atoms with Crippen LogP contribution >= 0.6 is 0 Å². The standard InChI is InChI=1S/C17H24F3N/c1-3-4-13-5-7-14(8-6-13)15-9-11-16(12-10-15)21(2)17(18,19)20/h9-14H,3-8H2,1-2H3. The molecule has 0 radical (unpaired) electrons. The number of nitrogens with zero attached hydrogens (tertiary/aromatic N) is 1.